The minimum absolute atomic E-state index is 0.0834. The van der Waals surface area contributed by atoms with E-state index >= 15 is 0 Å². The first-order valence-electron chi connectivity index (χ1n) is 4.64. The summed E-state index contributed by atoms with van der Waals surface area (Å²) in [6, 6.07) is 0. The van der Waals surface area contributed by atoms with Gasteiger partial charge in [-0.3, -0.25) is 4.79 Å². The fraction of sp³-hybridized carbons (Fsp3) is 0.778. The third-order valence-corrected chi connectivity index (χ3v) is 1.76. The third kappa shape index (κ3) is 6.03. The molecule has 0 fully saturated rings. The van der Waals surface area contributed by atoms with Crippen LogP contribution in [-0.2, 0) is 14.3 Å². The Morgan fingerprint density at radius 3 is 2.47 bits per heavy atom. The summed E-state index contributed by atoms with van der Waals surface area (Å²) in [5, 5.41) is 14.0. The van der Waals surface area contributed by atoms with Gasteiger partial charge in [0, 0.05) is 13.7 Å². The lowest BCUT2D eigenvalue weighted by atomic mass is 10.1. The predicted octanol–water partition coefficient (Wildman–Crippen LogP) is -0.798. The van der Waals surface area contributed by atoms with Crippen LogP contribution >= 0.6 is 0 Å². The lowest BCUT2D eigenvalue weighted by Crippen LogP contribution is -2.52. The van der Waals surface area contributed by atoms with Crippen LogP contribution in [0.15, 0.2) is 0 Å². The molecule has 1 amide bonds. The minimum atomic E-state index is -1.24. The van der Waals surface area contributed by atoms with Crippen LogP contribution in [0.3, 0.4) is 0 Å². The normalized spacial score (nSPS) is 11.1. The molecule has 0 rings (SSSR count). The monoisotopic (exact) mass is 218 g/mol. The number of amides is 1. The Labute approximate surface area is 89.0 Å². The van der Waals surface area contributed by atoms with Crippen LogP contribution in [0.5, 0.6) is 0 Å². The third-order valence-electron chi connectivity index (χ3n) is 1.76. The standard InChI is InChI=1S/C9H18N2O4/c1-9(2,8(13)14)11-7(12)6-10-4-5-15-3/h10H,4-6H2,1-3H3,(H,11,12)(H,13,14). The molecule has 6 nitrogen and oxygen atoms in total. The molecule has 88 valence electrons. The van der Waals surface area contributed by atoms with E-state index in [0.717, 1.165) is 0 Å². The molecule has 0 aliphatic heterocycles. The van der Waals surface area contributed by atoms with E-state index in [4.69, 9.17) is 9.84 Å². The number of carbonyl (C=O) groups excluding carboxylic acids is 1. The Morgan fingerprint density at radius 1 is 1.40 bits per heavy atom. The van der Waals surface area contributed by atoms with E-state index in [9.17, 15) is 9.59 Å². The summed E-state index contributed by atoms with van der Waals surface area (Å²) in [5.41, 5.74) is -1.24. The Hall–Kier alpha value is -1.14. The number of carbonyl (C=O) groups is 2. The van der Waals surface area contributed by atoms with Gasteiger partial charge in [0.15, 0.2) is 0 Å². The van der Waals surface area contributed by atoms with Gasteiger partial charge < -0.3 is 20.5 Å². The summed E-state index contributed by atoms with van der Waals surface area (Å²) in [7, 11) is 1.56. The zero-order valence-corrected chi connectivity index (χ0v) is 9.29. The fourth-order valence-electron chi connectivity index (χ4n) is 0.822. The van der Waals surface area contributed by atoms with Crippen LogP contribution in [0, 0.1) is 0 Å². The van der Waals surface area contributed by atoms with Crippen LogP contribution in [0.1, 0.15) is 13.8 Å². The molecule has 0 aliphatic rings. The molecule has 0 spiro atoms. The first-order valence-corrected chi connectivity index (χ1v) is 4.64. The van der Waals surface area contributed by atoms with Crippen molar-refractivity contribution in [1.82, 2.24) is 10.6 Å². The lowest BCUT2D eigenvalue weighted by Gasteiger charge is -2.20. The van der Waals surface area contributed by atoms with Gasteiger partial charge in [-0.1, -0.05) is 0 Å². The molecule has 0 radical (unpaired) electrons. The molecule has 3 N–H and O–H groups in total. The van der Waals surface area contributed by atoms with E-state index in [-0.39, 0.29) is 12.5 Å². The average Bonchev–Trinajstić information content (AvgIpc) is 2.11. The SMILES string of the molecule is COCCNCC(=O)NC(C)(C)C(=O)O. The molecule has 0 aliphatic carbocycles. The Bertz CT molecular complexity index is 228. The van der Waals surface area contributed by atoms with Gasteiger partial charge in [-0.05, 0) is 13.8 Å². The summed E-state index contributed by atoms with van der Waals surface area (Å²) in [4.78, 5) is 21.9. The molecule has 0 unspecified atom stereocenters. The molecule has 0 aromatic carbocycles. The summed E-state index contributed by atoms with van der Waals surface area (Å²) in [6.45, 7) is 4.01. The molecule has 0 saturated carbocycles. The van der Waals surface area contributed by atoms with Gasteiger partial charge in [0.25, 0.3) is 0 Å². The number of carboxylic acid groups (broad SMARTS) is 1. The van der Waals surface area contributed by atoms with Gasteiger partial charge in [-0.15, -0.1) is 0 Å². The van der Waals surface area contributed by atoms with Crippen molar-refractivity contribution in [3.8, 4) is 0 Å². The van der Waals surface area contributed by atoms with Crippen molar-refractivity contribution in [2.75, 3.05) is 26.8 Å². The van der Waals surface area contributed by atoms with Crippen molar-refractivity contribution in [1.29, 1.82) is 0 Å². The maximum atomic E-state index is 11.2. The Balaban J connectivity index is 3.79. The van der Waals surface area contributed by atoms with E-state index in [1.54, 1.807) is 7.11 Å². The number of rotatable bonds is 7. The van der Waals surface area contributed by atoms with E-state index in [1.807, 2.05) is 0 Å². The van der Waals surface area contributed by atoms with Gasteiger partial charge in [0.1, 0.15) is 5.54 Å². The highest BCUT2D eigenvalue weighted by atomic mass is 16.5. The highest BCUT2D eigenvalue weighted by molar-refractivity contribution is 5.87. The molecule has 0 atom stereocenters. The number of nitrogens with one attached hydrogen (secondary N) is 2. The molecule has 0 aromatic rings. The Morgan fingerprint density at radius 2 is 2.00 bits per heavy atom. The number of hydrogen-bond acceptors (Lipinski definition) is 4. The van der Waals surface area contributed by atoms with Gasteiger partial charge in [0.05, 0.1) is 13.2 Å². The molecule has 15 heavy (non-hydrogen) atoms. The van der Waals surface area contributed by atoms with Crippen LogP contribution in [0.25, 0.3) is 0 Å². The summed E-state index contributed by atoms with van der Waals surface area (Å²) in [5.74, 6) is -1.41. The second-order valence-corrected chi connectivity index (χ2v) is 3.65. The van der Waals surface area contributed by atoms with E-state index in [0.29, 0.717) is 13.2 Å². The maximum absolute atomic E-state index is 11.2. The summed E-state index contributed by atoms with van der Waals surface area (Å²) >= 11 is 0. The first kappa shape index (κ1) is 13.9. The number of aliphatic carboxylic acids is 1. The van der Waals surface area contributed by atoms with Crippen LogP contribution in [0.2, 0.25) is 0 Å². The topological polar surface area (TPSA) is 87.7 Å². The second kappa shape index (κ2) is 6.36. The summed E-state index contributed by atoms with van der Waals surface area (Å²) < 4.78 is 4.77. The molecule has 0 bridgehead atoms. The molecule has 0 aromatic heterocycles. The minimum Gasteiger partial charge on any atom is -0.480 e. The smallest absolute Gasteiger partial charge is 0.328 e. The zero-order valence-electron chi connectivity index (χ0n) is 9.29. The quantitative estimate of drug-likeness (QED) is 0.487. The van der Waals surface area contributed by atoms with Gasteiger partial charge in [-0.2, -0.15) is 0 Å². The second-order valence-electron chi connectivity index (χ2n) is 3.65. The predicted molar refractivity (Wildman–Crippen MR) is 54.6 cm³/mol. The van der Waals surface area contributed by atoms with Crippen molar-refractivity contribution < 1.29 is 19.4 Å². The first-order chi connectivity index (χ1) is 6.90. The number of hydrogen-bond donors (Lipinski definition) is 3. The van der Waals surface area contributed by atoms with E-state index < -0.39 is 11.5 Å². The van der Waals surface area contributed by atoms with Crippen molar-refractivity contribution >= 4 is 11.9 Å². The molecular weight excluding hydrogens is 200 g/mol. The average molecular weight is 218 g/mol. The van der Waals surface area contributed by atoms with Crippen LogP contribution in [-0.4, -0.2) is 49.3 Å². The lowest BCUT2D eigenvalue weighted by molar-refractivity contribution is -0.145. The zero-order chi connectivity index (χ0) is 11.9. The van der Waals surface area contributed by atoms with Crippen molar-refractivity contribution in [3.05, 3.63) is 0 Å². The molecule has 0 saturated heterocycles. The highest BCUT2D eigenvalue weighted by Crippen LogP contribution is 2.00. The van der Waals surface area contributed by atoms with Gasteiger partial charge >= 0.3 is 5.97 Å². The van der Waals surface area contributed by atoms with Crippen LogP contribution in [0.4, 0.5) is 0 Å². The Kier molecular flexibility index (Phi) is 5.88. The van der Waals surface area contributed by atoms with Gasteiger partial charge in [0.2, 0.25) is 5.91 Å². The van der Waals surface area contributed by atoms with Gasteiger partial charge in [-0.25, -0.2) is 4.79 Å². The van der Waals surface area contributed by atoms with Crippen molar-refractivity contribution in [2.24, 2.45) is 0 Å². The van der Waals surface area contributed by atoms with E-state index in [2.05, 4.69) is 10.6 Å². The van der Waals surface area contributed by atoms with Crippen molar-refractivity contribution in [3.63, 3.8) is 0 Å². The van der Waals surface area contributed by atoms with Crippen molar-refractivity contribution in [2.45, 2.75) is 19.4 Å². The maximum Gasteiger partial charge on any atom is 0.328 e. The molecule has 0 heterocycles. The number of ether oxygens (including phenoxy) is 1. The number of carboxylic acids is 1. The highest BCUT2D eigenvalue weighted by Gasteiger charge is 2.28. The fourth-order valence-corrected chi connectivity index (χ4v) is 0.822. The molecular formula is C9H18N2O4. The van der Waals surface area contributed by atoms with E-state index in [1.165, 1.54) is 13.8 Å². The summed E-state index contributed by atoms with van der Waals surface area (Å²) in [6.07, 6.45) is 0. The number of methoxy groups -OCH3 is 1. The largest absolute Gasteiger partial charge is 0.480 e. The van der Waals surface area contributed by atoms with Crippen LogP contribution < -0.4 is 10.6 Å². The molecule has 6 heteroatoms.